The molecular formula is C27H37N5O4S. The van der Waals surface area contributed by atoms with Crippen LogP contribution in [0.4, 0.5) is 5.69 Å². The fourth-order valence-electron chi connectivity index (χ4n) is 5.10. The summed E-state index contributed by atoms with van der Waals surface area (Å²) in [6, 6.07) is 7.59. The highest BCUT2D eigenvalue weighted by atomic mass is 32.1. The summed E-state index contributed by atoms with van der Waals surface area (Å²) in [4.78, 5) is 41.0. The van der Waals surface area contributed by atoms with Crippen LogP contribution in [-0.2, 0) is 11.3 Å². The zero-order valence-electron chi connectivity index (χ0n) is 21.5. The minimum absolute atomic E-state index is 0.0655. The average molecular weight is 528 g/mol. The topological polar surface area (TPSA) is 127 Å². The van der Waals surface area contributed by atoms with Gasteiger partial charge in [-0.3, -0.25) is 14.4 Å². The van der Waals surface area contributed by atoms with E-state index in [9.17, 15) is 14.4 Å². The molecule has 4 N–H and O–H groups in total. The maximum atomic E-state index is 13.6. The van der Waals surface area contributed by atoms with E-state index in [0.29, 0.717) is 5.75 Å². The molecule has 0 spiro atoms. The van der Waals surface area contributed by atoms with Gasteiger partial charge in [-0.25, -0.2) is 0 Å². The Labute approximate surface area is 222 Å². The molecule has 2 fully saturated rings. The predicted octanol–water partition coefficient (Wildman–Crippen LogP) is 3.89. The molecule has 0 aliphatic heterocycles. The summed E-state index contributed by atoms with van der Waals surface area (Å²) in [6.07, 6.45) is 10.5. The molecule has 2 aliphatic carbocycles. The lowest BCUT2D eigenvalue weighted by Crippen LogP contribution is -2.44. The van der Waals surface area contributed by atoms with E-state index in [-0.39, 0.29) is 53.2 Å². The number of nitrogens with two attached hydrogens (primary N) is 1. The number of hydrogen-bond acceptors (Lipinski definition) is 7. The van der Waals surface area contributed by atoms with Crippen LogP contribution in [0.5, 0.6) is 5.75 Å². The number of methoxy groups -OCH3 is 1. The van der Waals surface area contributed by atoms with Gasteiger partial charge in [0.2, 0.25) is 5.91 Å². The zero-order valence-corrected chi connectivity index (χ0v) is 22.3. The Kier molecular flexibility index (Phi) is 9.38. The van der Waals surface area contributed by atoms with Crippen molar-refractivity contribution >= 4 is 34.9 Å². The number of nitrogens with one attached hydrogen (secondary N) is 2. The summed E-state index contributed by atoms with van der Waals surface area (Å²) >= 11 is 0.904. The highest BCUT2D eigenvalue weighted by Gasteiger charge is 2.29. The Bertz CT molecular complexity index is 1070. The van der Waals surface area contributed by atoms with E-state index >= 15 is 0 Å². The van der Waals surface area contributed by atoms with Gasteiger partial charge in [0, 0.05) is 18.6 Å². The van der Waals surface area contributed by atoms with Crippen LogP contribution >= 0.6 is 11.5 Å². The standard InChI is InChI=1S/C27H37N5O4S/c1-36-21-14-12-18(13-15-21)16-32(17-22(33)29-19-8-4-2-5-9-19)27(35)25-23(28)24(31-37-25)26(34)30-20-10-6-3-7-11-20/h12-15,19-20H,2-11,16-17,28H2,1H3,(H,29,33)(H,30,34). The van der Waals surface area contributed by atoms with Crippen molar-refractivity contribution in [2.45, 2.75) is 82.8 Å². The van der Waals surface area contributed by atoms with E-state index in [4.69, 9.17) is 10.5 Å². The van der Waals surface area contributed by atoms with Gasteiger partial charge >= 0.3 is 0 Å². The van der Waals surface area contributed by atoms with Gasteiger partial charge in [-0.15, -0.1) is 0 Å². The molecule has 0 bridgehead atoms. The largest absolute Gasteiger partial charge is 0.497 e. The molecule has 37 heavy (non-hydrogen) atoms. The average Bonchev–Trinajstić information content (AvgIpc) is 3.30. The number of rotatable bonds is 9. The van der Waals surface area contributed by atoms with Crippen molar-refractivity contribution in [3.05, 3.63) is 40.4 Å². The molecule has 4 rings (SSSR count). The lowest BCUT2D eigenvalue weighted by Gasteiger charge is -2.26. The highest BCUT2D eigenvalue weighted by Crippen LogP contribution is 2.26. The third-order valence-corrected chi connectivity index (χ3v) is 8.05. The molecule has 200 valence electrons. The second-order valence-corrected chi connectivity index (χ2v) is 10.8. The fraction of sp³-hybridized carbons (Fsp3) is 0.556. The molecule has 0 saturated heterocycles. The quantitative estimate of drug-likeness (QED) is 0.454. The van der Waals surface area contributed by atoms with Gasteiger partial charge < -0.3 is 26.0 Å². The number of nitrogens with zero attached hydrogens (tertiary/aromatic N) is 2. The molecule has 2 aliphatic rings. The summed E-state index contributed by atoms with van der Waals surface area (Å²) in [5, 5.41) is 6.09. The number of carbonyl (C=O) groups is 3. The van der Waals surface area contributed by atoms with E-state index in [2.05, 4.69) is 15.0 Å². The lowest BCUT2D eigenvalue weighted by atomic mass is 9.95. The van der Waals surface area contributed by atoms with E-state index < -0.39 is 5.91 Å². The highest BCUT2D eigenvalue weighted by molar-refractivity contribution is 7.09. The first kappa shape index (κ1) is 26.9. The van der Waals surface area contributed by atoms with Crippen molar-refractivity contribution < 1.29 is 19.1 Å². The minimum Gasteiger partial charge on any atom is -0.497 e. The number of ether oxygens (including phenoxy) is 1. The summed E-state index contributed by atoms with van der Waals surface area (Å²) in [5.41, 5.74) is 7.27. The molecular weight excluding hydrogens is 490 g/mol. The Balaban J connectivity index is 1.49. The van der Waals surface area contributed by atoms with Crippen LogP contribution in [0, 0.1) is 0 Å². The number of aromatic nitrogens is 1. The van der Waals surface area contributed by atoms with Gasteiger partial charge in [0.05, 0.1) is 12.8 Å². The van der Waals surface area contributed by atoms with Crippen molar-refractivity contribution in [2.24, 2.45) is 0 Å². The Morgan fingerprint density at radius 1 is 0.973 bits per heavy atom. The molecule has 0 atom stereocenters. The van der Waals surface area contributed by atoms with Crippen molar-refractivity contribution in [1.29, 1.82) is 0 Å². The van der Waals surface area contributed by atoms with Crippen LogP contribution in [0.25, 0.3) is 0 Å². The van der Waals surface area contributed by atoms with Gasteiger partial charge in [-0.1, -0.05) is 50.7 Å². The number of hydrogen-bond donors (Lipinski definition) is 3. The van der Waals surface area contributed by atoms with Crippen molar-refractivity contribution in [1.82, 2.24) is 19.9 Å². The van der Waals surface area contributed by atoms with Gasteiger partial charge in [-0.2, -0.15) is 4.37 Å². The van der Waals surface area contributed by atoms with Crippen LogP contribution in [0.2, 0.25) is 0 Å². The number of amides is 3. The number of nitrogen functional groups attached to an aromatic ring is 1. The van der Waals surface area contributed by atoms with Crippen LogP contribution in [0.1, 0.15) is 89.9 Å². The molecule has 3 amide bonds. The molecule has 0 radical (unpaired) electrons. The molecule has 9 nitrogen and oxygen atoms in total. The summed E-state index contributed by atoms with van der Waals surface area (Å²) in [5.74, 6) is -0.262. The predicted molar refractivity (Wildman–Crippen MR) is 144 cm³/mol. The normalized spacial score (nSPS) is 16.7. The minimum atomic E-state index is -0.415. The third kappa shape index (κ3) is 7.21. The summed E-state index contributed by atoms with van der Waals surface area (Å²) < 4.78 is 9.46. The Hall–Kier alpha value is -3.14. The van der Waals surface area contributed by atoms with E-state index in [1.54, 1.807) is 7.11 Å². The van der Waals surface area contributed by atoms with Crippen LogP contribution < -0.4 is 21.1 Å². The monoisotopic (exact) mass is 527 g/mol. The first-order chi connectivity index (χ1) is 17.9. The van der Waals surface area contributed by atoms with Gasteiger partial charge in [-0.05, 0) is 54.9 Å². The fourth-order valence-corrected chi connectivity index (χ4v) is 5.87. The maximum Gasteiger partial charge on any atom is 0.273 e. The maximum absolute atomic E-state index is 13.6. The summed E-state index contributed by atoms with van der Waals surface area (Å²) in [7, 11) is 1.59. The van der Waals surface area contributed by atoms with Gasteiger partial charge in [0.15, 0.2) is 5.69 Å². The number of carbonyl (C=O) groups excluding carboxylic acids is 3. The Morgan fingerprint density at radius 3 is 2.16 bits per heavy atom. The van der Waals surface area contributed by atoms with Crippen LogP contribution in [0.3, 0.4) is 0 Å². The first-order valence-electron chi connectivity index (χ1n) is 13.2. The van der Waals surface area contributed by atoms with Gasteiger partial charge in [0.25, 0.3) is 11.8 Å². The first-order valence-corrected chi connectivity index (χ1v) is 14.0. The number of benzene rings is 1. The molecule has 10 heteroatoms. The van der Waals surface area contributed by atoms with Gasteiger partial charge in [0.1, 0.15) is 17.2 Å². The van der Waals surface area contributed by atoms with E-state index in [1.807, 2.05) is 24.3 Å². The van der Waals surface area contributed by atoms with E-state index in [0.717, 1.165) is 68.5 Å². The molecule has 2 saturated carbocycles. The summed E-state index contributed by atoms with van der Waals surface area (Å²) in [6.45, 7) is 0.101. The molecule has 1 aromatic carbocycles. The van der Waals surface area contributed by atoms with Crippen LogP contribution in [0.15, 0.2) is 24.3 Å². The van der Waals surface area contributed by atoms with Crippen molar-refractivity contribution in [3.63, 3.8) is 0 Å². The van der Waals surface area contributed by atoms with E-state index in [1.165, 1.54) is 17.7 Å². The zero-order chi connectivity index (χ0) is 26.2. The molecule has 2 aromatic rings. The van der Waals surface area contributed by atoms with Crippen LogP contribution in [-0.4, -0.2) is 52.7 Å². The molecule has 1 aromatic heterocycles. The number of anilines is 1. The molecule has 1 heterocycles. The third-order valence-electron chi connectivity index (χ3n) is 7.20. The lowest BCUT2D eigenvalue weighted by molar-refractivity contribution is -0.122. The Morgan fingerprint density at radius 2 is 1.57 bits per heavy atom. The molecule has 0 unspecified atom stereocenters. The second kappa shape index (κ2) is 12.9. The SMILES string of the molecule is COc1ccc(CN(CC(=O)NC2CCCCC2)C(=O)c2snc(C(=O)NC3CCCCC3)c2N)cc1. The smallest absolute Gasteiger partial charge is 0.273 e. The van der Waals surface area contributed by atoms with Crippen molar-refractivity contribution in [3.8, 4) is 5.75 Å². The van der Waals surface area contributed by atoms with Crippen molar-refractivity contribution in [2.75, 3.05) is 19.4 Å². The second-order valence-electron chi connectivity index (χ2n) is 9.99.